The van der Waals surface area contributed by atoms with Crippen molar-refractivity contribution in [1.29, 1.82) is 0 Å². The predicted molar refractivity (Wildman–Crippen MR) is 87.2 cm³/mol. The van der Waals surface area contributed by atoms with Crippen molar-refractivity contribution in [1.82, 2.24) is 4.98 Å². The number of anilines is 2. The van der Waals surface area contributed by atoms with Crippen LogP contribution in [0.2, 0.25) is 0 Å². The summed E-state index contributed by atoms with van der Waals surface area (Å²) >= 11 is 1.59. The summed E-state index contributed by atoms with van der Waals surface area (Å²) < 4.78 is 11.7. The van der Waals surface area contributed by atoms with Crippen molar-refractivity contribution in [2.24, 2.45) is 0 Å². The van der Waals surface area contributed by atoms with Gasteiger partial charge in [-0.3, -0.25) is 0 Å². The van der Waals surface area contributed by atoms with Crippen molar-refractivity contribution in [2.45, 2.75) is 6.92 Å². The fraction of sp³-hybridized carbons (Fsp3) is 0.188. The van der Waals surface area contributed by atoms with E-state index in [1.54, 1.807) is 25.6 Å². The number of hydrogen-bond acceptors (Lipinski definition) is 5. The summed E-state index contributed by atoms with van der Waals surface area (Å²) in [7, 11) is 3.33. The number of aromatic nitrogens is 1. The van der Waals surface area contributed by atoms with Gasteiger partial charge in [0.2, 0.25) is 0 Å². The predicted octanol–water partition coefficient (Wildman–Crippen LogP) is 4.37. The zero-order valence-corrected chi connectivity index (χ0v) is 13.0. The number of benzene rings is 2. The molecule has 5 heteroatoms. The van der Waals surface area contributed by atoms with Crippen LogP contribution in [0.4, 0.5) is 10.8 Å². The van der Waals surface area contributed by atoms with Crippen LogP contribution < -0.4 is 14.8 Å². The third-order valence-electron chi connectivity index (χ3n) is 3.19. The highest BCUT2D eigenvalue weighted by Crippen LogP contribution is 2.34. The van der Waals surface area contributed by atoms with Gasteiger partial charge in [-0.15, -0.1) is 0 Å². The molecule has 1 N–H and O–H groups in total. The molecule has 0 aliphatic carbocycles. The number of nitrogens with zero attached hydrogens (tertiary/aromatic N) is 1. The molecule has 0 bridgehead atoms. The minimum absolute atomic E-state index is 0.803. The molecule has 108 valence electrons. The minimum Gasteiger partial charge on any atom is -0.497 e. The van der Waals surface area contributed by atoms with Crippen LogP contribution in [0.3, 0.4) is 0 Å². The molecule has 0 fully saturated rings. The van der Waals surface area contributed by atoms with Gasteiger partial charge >= 0.3 is 0 Å². The van der Waals surface area contributed by atoms with Gasteiger partial charge in [0.15, 0.2) is 5.13 Å². The zero-order valence-electron chi connectivity index (χ0n) is 12.1. The number of aryl methyl sites for hydroxylation is 1. The first-order valence-corrected chi connectivity index (χ1v) is 7.37. The van der Waals surface area contributed by atoms with Crippen LogP contribution in [0, 0.1) is 6.92 Å². The SMILES string of the molecule is COc1ccc2nc(Nc3cc(C)ccc3OC)sc2c1. The standard InChI is InChI=1S/C16H16N2O2S/c1-10-4-7-14(20-3)13(8-10)18-16-17-12-6-5-11(19-2)9-15(12)21-16/h4-9H,1-3H3,(H,17,18). The molecule has 0 saturated heterocycles. The normalized spacial score (nSPS) is 10.6. The van der Waals surface area contributed by atoms with Gasteiger partial charge in [-0.05, 0) is 42.8 Å². The summed E-state index contributed by atoms with van der Waals surface area (Å²) in [6, 6.07) is 11.9. The van der Waals surface area contributed by atoms with Gasteiger partial charge in [-0.2, -0.15) is 0 Å². The number of fused-ring (bicyclic) bond motifs is 1. The van der Waals surface area contributed by atoms with Crippen LogP contribution in [0.25, 0.3) is 10.2 Å². The molecule has 3 aromatic rings. The van der Waals surface area contributed by atoms with E-state index in [0.29, 0.717) is 0 Å². The van der Waals surface area contributed by atoms with E-state index >= 15 is 0 Å². The fourth-order valence-electron chi connectivity index (χ4n) is 2.12. The summed E-state index contributed by atoms with van der Waals surface area (Å²) in [6.07, 6.45) is 0. The molecular formula is C16H16N2O2S. The van der Waals surface area contributed by atoms with Gasteiger partial charge in [-0.1, -0.05) is 17.4 Å². The molecule has 0 amide bonds. The number of thiazole rings is 1. The molecule has 0 unspecified atom stereocenters. The average molecular weight is 300 g/mol. The first kappa shape index (κ1) is 13.7. The van der Waals surface area contributed by atoms with Gasteiger partial charge in [0, 0.05) is 0 Å². The van der Waals surface area contributed by atoms with Crippen molar-refractivity contribution in [3.63, 3.8) is 0 Å². The van der Waals surface area contributed by atoms with Gasteiger partial charge < -0.3 is 14.8 Å². The number of ether oxygens (including phenoxy) is 2. The summed E-state index contributed by atoms with van der Waals surface area (Å²) in [4.78, 5) is 4.58. The smallest absolute Gasteiger partial charge is 0.188 e. The van der Waals surface area contributed by atoms with Crippen LogP contribution in [0.1, 0.15) is 5.56 Å². The van der Waals surface area contributed by atoms with Crippen molar-refractivity contribution < 1.29 is 9.47 Å². The van der Waals surface area contributed by atoms with Crippen molar-refractivity contribution in [3.05, 3.63) is 42.0 Å². The van der Waals surface area contributed by atoms with Crippen molar-refractivity contribution in [2.75, 3.05) is 19.5 Å². The third-order valence-corrected chi connectivity index (χ3v) is 4.13. The Kier molecular flexibility index (Phi) is 3.66. The van der Waals surface area contributed by atoms with E-state index in [4.69, 9.17) is 9.47 Å². The van der Waals surface area contributed by atoms with Crippen LogP contribution in [-0.4, -0.2) is 19.2 Å². The Morgan fingerprint density at radius 3 is 2.67 bits per heavy atom. The Hall–Kier alpha value is -2.27. The summed E-state index contributed by atoms with van der Waals surface area (Å²) in [5.41, 5.74) is 3.04. The molecule has 2 aromatic carbocycles. The maximum Gasteiger partial charge on any atom is 0.188 e. The summed E-state index contributed by atoms with van der Waals surface area (Å²) in [5.74, 6) is 1.64. The molecule has 3 rings (SSSR count). The lowest BCUT2D eigenvalue weighted by molar-refractivity contribution is 0.415. The third kappa shape index (κ3) is 2.78. The van der Waals surface area contributed by atoms with Crippen LogP contribution in [0.15, 0.2) is 36.4 Å². The monoisotopic (exact) mass is 300 g/mol. The molecule has 0 aliphatic heterocycles. The van der Waals surface area contributed by atoms with Crippen LogP contribution in [-0.2, 0) is 0 Å². The van der Waals surface area contributed by atoms with Crippen LogP contribution >= 0.6 is 11.3 Å². The topological polar surface area (TPSA) is 43.4 Å². The Labute approximate surface area is 127 Å². The Morgan fingerprint density at radius 1 is 1.05 bits per heavy atom. The lowest BCUT2D eigenvalue weighted by atomic mass is 10.2. The molecule has 0 aliphatic rings. The quantitative estimate of drug-likeness (QED) is 0.777. The summed E-state index contributed by atoms with van der Waals surface area (Å²) in [6.45, 7) is 2.05. The maximum atomic E-state index is 5.38. The Balaban J connectivity index is 1.96. The number of methoxy groups -OCH3 is 2. The van der Waals surface area contributed by atoms with Crippen molar-refractivity contribution in [3.8, 4) is 11.5 Å². The number of hydrogen-bond donors (Lipinski definition) is 1. The summed E-state index contributed by atoms with van der Waals surface area (Å²) in [5, 5.41) is 4.17. The Morgan fingerprint density at radius 2 is 1.90 bits per heavy atom. The van der Waals surface area contributed by atoms with Gasteiger partial charge in [-0.25, -0.2) is 4.98 Å². The molecule has 21 heavy (non-hydrogen) atoms. The molecule has 0 atom stereocenters. The van der Waals surface area contributed by atoms with E-state index in [0.717, 1.165) is 32.5 Å². The first-order chi connectivity index (χ1) is 10.2. The molecule has 0 saturated carbocycles. The first-order valence-electron chi connectivity index (χ1n) is 6.56. The molecule has 0 spiro atoms. The van der Waals surface area contributed by atoms with Gasteiger partial charge in [0.25, 0.3) is 0 Å². The molecular weight excluding hydrogens is 284 g/mol. The lowest BCUT2D eigenvalue weighted by Crippen LogP contribution is -1.94. The van der Waals surface area contributed by atoms with Crippen LogP contribution in [0.5, 0.6) is 11.5 Å². The van der Waals surface area contributed by atoms with E-state index in [1.807, 2.05) is 43.3 Å². The number of nitrogens with one attached hydrogen (secondary N) is 1. The van der Waals surface area contributed by atoms with Gasteiger partial charge in [0.1, 0.15) is 11.5 Å². The van der Waals surface area contributed by atoms with Crippen molar-refractivity contribution >= 4 is 32.4 Å². The number of rotatable bonds is 4. The maximum absolute atomic E-state index is 5.38. The minimum atomic E-state index is 0.803. The highest BCUT2D eigenvalue weighted by Gasteiger charge is 2.08. The van der Waals surface area contributed by atoms with E-state index < -0.39 is 0 Å². The Bertz CT molecular complexity index is 783. The van der Waals surface area contributed by atoms with E-state index in [9.17, 15) is 0 Å². The largest absolute Gasteiger partial charge is 0.497 e. The second-order valence-electron chi connectivity index (χ2n) is 4.68. The van der Waals surface area contributed by atoms with Gasteiger partial charge in [0.05, 0.1) is 30.1 Å². The van der Waals surface area contributed by atoms with E-state index in [-0.39, 0.29) is 0 Å². The van der Waals surface area contributed by atoms with E-state index in [1.165, 1.54) is 5.56 Å². The zero-order chi connectivity index (χ0) is 14.8. The lowest BCUT2D eigenvalue weighted by Gasteiger charge is -2.09. The molecule has 0 radical (unpaired) electrons. The fourth-order valence-corrected chi connectivity index (χ4v) is 3.03. The highest BCUT2D eigenvalue weighted by atomic mass is 32.1. The molecule has 1 heterocycles. The highest BCUT2D eigenvalue weighted by molar-refractivity contribution is 7.22. The molecule has 1 aromatic heterocycles. The second-order valence-corrected chi connectivity index (χ2v) is 5.71. The molecule has 4 nitrogen and oxygen atoms in total. The van der Waals surface area contributed by atoms with E-state index in [2.05, 4.69) is 10.3 Å². The second kappa shape index (κ2) is 5.61. The average Bonchev–Trinajstić information content (AvgIpc) is 2.88.